The highest BCUT2D eigenvalue weighted by atomic mass is 32.1. The van der Waals surface area contributed by atoms with Crippen molar-refractivity contribution in [2.45, 2.75) is 0 Å². The first-order valence-corrected chi connectivity index (χ1v) is 5.53. The van der Waals surface area contributed by atoms with E-state index in [-0.39, 0.29) is 18.4 Å². The van der Waals surface area contributed by atoms with Crippen molar-refractivity contribution in [1.82, 2.24) is 10.3 Å². The van der Waals surface area contributed by atoms with Gasteiger partial charge >= 0.3 is 0 Å². The Kier molecular flexibility index (Phi) is 1.90. The third-order valence-corrected chi connectivity index (χ3v) is 3.46. The molecule has 0 aromatic carbocycles. The third-order valence-electron chi connectivity index (χ3n) is 2.35. The number of hydrogen-bond donors (Lipinski definition) is 2. The van der Waals surface area contributed by atoms with Crippen LogP contribution in [-0.2, 0) is 4.79 Å². The van der Waals surface area contributed by atoms with Crippen LogP contribution in [0.3, 0.4) is 0 Å². The Morgan fingerprint density at radius 1 is 1.38 bits per heavy atom. The number of carbonyl (C=O) groups excluding carboxylic acids is 2. The summed E-state index contributed by atoms with van der Waals surface area (Å²) in [5.74, 6) is -0.668. The van der Waals surface area contributed by atoms with Crippen LogP contribution in [-0.4, -0.2) is 23.3 Å². The van der Waals surface area contributed by atoms with Crippen LogP contribution in [0.2, 0.25) is 0 Å². The van der Waals surface area contributed by atoms with Gasteiger partial charge < -0.3 is 5.32 Å². The van der Waals surface area contributed by atoms with E-state index in [4.69, 9.17) is 0 Å². The fraction of sp³-hybridized carbons (Fsp3) is 0.100. The molecule has 3 heterocycles. The normalized spacial score (nSPS) is 15.2. The number of amides is 2. The van der Waals surface area contributed by atoms with E-state index < -0.39 is 0 Å². The highest BCUT2D eigenvalue weighted by Crippen LogP contribution is 2.34. The van der Waals surface area contributed by atoms with Crippen LogP contribution in [0, 0.1) is 0 Å². The lowest BCUT2D eigenvalue weighted by Gasteiger charge is -1.99. The molecule has 0 aliphatic carbocycles. The molecule has 0 unspecified atom stereocenters. The Bertz CT molecular complexity index is 605. The number of thiophene rings is 1. The summed E-state index contributed by atoms with van der Waals surface area (Å²) < 4.78 is 0. The van der Waals surface area contributed by atoms with Crippen LogP contribution in [0.4, 0.5) is 5.69 Å². The number of pyridine rings is 1. The lowest BCUT2D eigenvalue weighted by Crippen LogP contribution is -2.31. The standard InChI is InChI=1S/C10H7N3O2S/c14-6-4-12-7-5-2-1-3-11-10(5)16-8(7)9(15)13-6/h1-3,12H,4H2,(H,13,14,15). The summed E-state index contributed by atoms with van der Waals surface area (Å²) in [4.78, 5) is 28.4. The summed E-state index contributed by atoms with van der Waals surface area (Å²) in [6.07, 6.45) is 1.68. The average Bonchev–Trinajstić information content (AvgIpc) is 2.58. The molecule has 16 heavy (non-hydrogen) atoms. The Labute approximate surface area is 94.5 Å². The molecule has 6 heteroatoms. The number of rotatable bonds is 0. The van der Waals surface area contributed by atoms with E-state index >= 15 is 0 Å². The zero-order chi connectivity index (χ0) is 11.1. The van der Waals surface area contributed by atoms with Crippen molar-refractivity contribution in [3.05, 3.63) is 23.2 Å². The molecule has 1 aliphatic heterocycles. The number of hydrogen-bond acceptors (Lipinski definition) is 5. The minimum absolute atomic E-state index is 0.111. The maximum atomic E-state index is 11.7. The van der Waals surface area contributed by atoms with Gasteiger partial charge in [0.25, 0.3) is 5.91 Å². The van der Waals surface area contributed by atoms with Crippen molar-refractivity contribution in [3.63, 3.8) is 0 Å². The summed E-state index contributed by atoms with van der Waals surface area (Å²) >= 11 is 1.29. The quantitative estimate of drug-likeness (QED) is 0.665. The number of aromatic nitrogens is 1. The molecule has 0 fully saturated rings. The number of nitrogens with zero attached hydrogens (tertiary/aromatic N) is 1. The first-order chi connectivity index (χ1) is 7.75. The highest BCUT2D eigenvalue weighted by molar-refractivity contribution is 7.21. The molecule has 2 amide bonds. The van der Waals surface area contributed by atoms with Crippen LogP contribution in [0.15, 0.2) is 18.3 Å². The summed E-state index contributed by atoms with van der Waals surface area (Å²) in [7, 11) is 0. The zero-order valence-corrected chi connectivity index (χ0v) is 8.93. The van der Waals surface area contributed by atoms with Crippen LogP contribution in [0.5, 0.6) is 0 Å². The molecule has 0 radical (unpaired) electrons. The maximum absolute atomic E-state index is 11.7. The predicted octanol–water partition coefficient (Wildman–Crippen LogP) is 0.978. The summed E-state index contributed by atoms with van der Waals surface area (Å²) in [5, 5.41) is 6.15. The molecule has 3 rings (SSSR count). The van der Waals surface area contributed by atoms with Gasteiger partial charge in [0.05, 0.1) is 12.2 Å². The highest BCUT2D eigenvalue weighted by Gasteiger charge is 2.23. The molecule has 0 saturated heterocycles. The van der Waals surface area contributed by atoms with Gasteiger partial charge in [-0.25, -0.2) is 4.98 Å². The second-order valence-corrected chi connectivity index (χ2v) is 4.39. The van der Waals surface area contributed by atoms with Gasteiger partial charge in [-0.15, -0.1) is 11.3 Å². The molecule has 2 aromatic rings. The van der Waals surface area contributed by atoms with Gasteiger partial charge in [0.1, 0.15) is 9.71 Å². The van der Waals surface area contributed by atoms with Gasteiger partial charge in [0, 0.05) is 11.6 Å². The van der Waals surface area contributed by atoms with Gasteiger partial charge in [-0.1, -0.05) is 0 Å². The molecule has 5 nitrogen and oxygen atoms in total. The van der Waals surface area contributed by atoms with Crippen LogP contribution in [0.25, 0.3) is 10.2 Å². The fourth-order valence-corrected chi connectivity index (χ4v) is 2.68. The molecule has 0 spiro atoms. The van der Waals surface area contributed by atoms with Crippen molar-refractivity contribution in [1.29, 1.82) is 0 Å². The van der Waals surface area contributed by atoms with Gasteiger partial charge in [-0.2, -0.15) is 0 Å². The number of carbonyl (C=O) groups is 2. The topological polar surface area (TPSA) is 71.1 Å². The molecule has 2 aromatic heterocycles. The number of imide groups is 1. The minimum atomic E-state index is -0.354. The molecule has 1 aliphatic rings. The molecule has 0 saturated carbocycles. The van der Waals surface area contributed by atoms with E-state index in [1.54, 1.807) is 6.20 Å². The second-order valence-electron chi connectivity index (χ2n) is 3.39. The van der Waals surface area contributed by atoms with E-state index in [1.165, 1.54) is 11.3 Å². The van der Waals surface area contributed by atoms with Gasteiger partial charge in [-0.3, -0.25) is 14.9 Å². The summed E-state index contributed by atoms with van der Waals surface area (Å²) in [6.45, 7) is 0.111. The molecular weight excluding hydrogens is 226 g/mol. The minimum Gasteiger partial charge on any atom is -0.374 e. The van der Waals surface area contributed by atoms with Gasteiger partial charge in [-0.05, 0) is 12.1 Å². The Morgan fingerprint density at radius 2 is 2.25 bits per heavy atom. The van der Waals surface area contributed by atoms with Crippen molar-refractivity contribution in [2.24, 2.45) is 0 Å². The lowest BCUT2D eigenvalue weighted by atomic mass is 10.2. The number of nitrogens with one attached hydrogen (secondary N) is 2. The number of fused-ring (bicyclic) bond motifs is 3. The Morgan fingerprint density at radius 3 is 3.12 bits per heavy atom. The number of anilines is 1. The predicted molar refractivity (Wildman–Crippen MR) is 60.6 cm³/mol. The molecule has 0 atom stereocenters. The summed E-state index contributed by atoms with van der Waals surface area (Å²) in [5.41, 5.74) is 0.705. The molecule has 2 N–H and O–H groups in total. The zero-order valence-electron chi connectivity index (χ0n) is 8.11. The fourth-order valence-electron chi connectivity index (χ4n) is 1.66. The van der Waals surface area contributed by atoms with Crippen LogP contribution < -0.4 is 10.6 Å². The van der Waals surface area contributed by atoms with E-state index in [0.29, 0.717) is 10.6 Å². The lowest BCUT2D eigenvalue weighted by molar-refractivity contribution is -0.118. The Hall–Kier alpha value is -1.95. The first-order valence-electron chi connectivity index (χ1n) is 4.71. The van der Waals surface area contributed by atoms with Crippen molar-refractivity contribution in [2.75, 3.05) is 11.9 Å². The second kappa shape index (κ2) is 3.28. The molecular formula is C10H7N3O2S. The van der Waals surface area contributed by atoms with Crippen molar-refractivity contribution in [3.8, 4) is 0 Å². The smallest absolute Gasteiger partial charge is 0.270 e. The third kappa shape index (κ3) is 1.27. The van der Waals surface area contributed by atoms with E-state index in [1.807, 2.05) is 12.1 Å². The van der Waals surface area contributed by atoms with Crippen LogP contribution in [0.1, 0.15) is 9.67 Å². The van der Waals surface area contributed by atoms with E-state index in [0.717, 1.165) is 10.2 Å². The Balaban J connectivity index is 2.26. The van der Waals surface area contributed by atoms with Crippen LogP contribution >= 0.6 is 11.3 Å². The SMILES string of the molecule is O=C1CNc2c(sc3ncccc23)C(=O)N1. The largest absolute Gasteiger partial charge is 0.374 e. The van der Waals surface area contributed by atoms with E-state index in [2.05, 4.69) is 15.6 Å². The summed E-state index contributed by atoms with van der Waals surface area (Å²) in [6, 6.07) is 3.69. The maximum Gasteiger partial charge on any atom is 0.270 e. The first kappa shape index (κ1) is 9.29. The van der Waals surface area contributed by atoms with Crippen molar-refractivity contribution >= 4 is 39.1 Å². The van der Waals surface area contributed by atoms with Crippen molar-refractivity contribution < 1.29 is 9.59 Å². The monoisotopic (exact) mass is 233 g/mol. The van der Waals surface area contributed by atoms with Gasteiger partial charge in [0.2, 0.25) is 5.91 Å². The molecule has 0 bridgehead atoms. The van der Waals surface area contributed by atoms with Gasteiger partial charge in [0.15, 0.2) is 0 Å². The molecule has 80 valence electrons. The average molecular weight is 233 g/mol. The van der Waals surface area contributed by atoms with E-state index in [9.17, 15) is 9.59 Å².